The number of amides is 1. The van der Waals surface area contributed by atoms with Gasteiger partial charge in [0.15, 0.2) is 11.5 Å². The molecule has 0 unspecified atom stereocenters. The lowest BCUT2D eigenvalue weighted by Gasteiger charge is -2.15. The van der Waals surface area contributed by atoms with E-state index in [0.29, 0.717) is 35.2 Å². The van der Waals surface area contributed by atoms with Gasteiger partial charge in [0.25, 0.3) is 0 Å². The number of carbonyl (C=O) groups excluding carboxylic acids is 1. The maximum atomic E-state index is 12.2. The summed E-state index contributed by atoms with van der Waals surface area (Å²) in [6.07, 6.45) is 1.91. The summed E-state index contributed by atoms with van der Waals surface area (Å²) in [5.74, 6) is 2.12. The first kappa shape index (κ1) is 20.0. The zero-order valence-electron chi connectivity index (χ0n) is 16.6. The Labute approximate surface area is 169 Å². The van der Waals surface area contributed by atoms with E-state index in [2.05, 4.69) is 15.6 Å². The number of hydrogen-bond donors (Lipinski definition) is 2. The van der Waals surface area contributed by atoms with Gasteiger partial charge in [-0.2, -0.15) is 0 Å². The summed E-state index contributed by atoms with van der Waals surface area (Å²) >= 11 is 0. The number of carbonyl (C=O) groups is 1. The van der Waals surface area contributed by atoms with Crippen molar-refractivity contribution in [2.24, 2.45) is 0 Å². The molecule has 3 aromatic rings. The average molecular weight is 393 g/mol. The van der Waals surface area contributed by atoms with Crippen molar-refractivity contribution in [2.75, 3.05) is 32.0 Å². The lowest BCUT2D eigenvalue weighted by Crippen LogP contribution is -2.14. The van der Waals surface area contributed by atoms with Crippen molar-refractivity contribution in [1.29, 1.82) is 0 Å². The van der Waals surface area contributed by atoms with Gasteiger partial charge < -0.3 is 24.8 Å². The quantitative estimate of drug-likeness (QED) is 0.601. The second-order valence-corrected chi connectivity index (χ2v) is 6.18. The summed E-state index contributed by atoms with van der Waals surface area (Å²) in [5, 5.41) is 6.03. The molecule has 0 saturated carbocycles. The fourth-order valence-corrected chi connectivity index (χ4v) is 2.83. The van der Waals surface area contributed by atoms with Gasteiger partial charge in [-0.05, 0) is 17.7 Å². The zero-order valence-corrected chi connectivity index (χ0v) is 16.6. The molecule has 0 bridgehead atoms. The van der Waals surface area contributed by atoms with E-state index in [9.17, 15) is 4.79 Å². The first-order valence-electron chi connectivity index (χ1n) is 8.99. The van der Waals surface area contributed by atoms with E-state index < -0.39 is 0 Å². The van der Waals surface area contributed by atoms with E-state index >= 15 is 0 Å². The van der Waals surface area contributed by atoms with E-state index in [1.54, 1.807) is 51.8 Å². The summed E-state index contributed by atoms with van der Waals surface area (Å²) in [6.45, 7) is 0. The highest BCUT2D eigenvalue weighted by molar-refractivity contribution is 5.92. The van der Waals surface area contributed by atoms with Crippen LogP contribution in [-0.2, 0) is 11.2 Å². The number of aromatic nitrogens is 1. The topological polar surface area (TPSA) is 81.7 Å². The van der Waals surface area contributed by atoms with Crippen molar-refractivity contribution in [3.8, 4) is 17.2 Å². The molecule has 7 heteroatoms. The number of methoxy groups -OCH3 is 3. The molecule has 0 aliphatic rings. The van der Waals surface area contributed by atoms with Crippen molar-refractivity contribution in [2.45, 2.75) is 6.42 Å². The Morgan fingerprint density at radius 3 is 2.14 bits per heavy atom. The standard InChI is InChI=1S/C22H23N3O4/c1-27-18-12-17(13-19(28-2)22(18)29-3)24-20-10-9-16(14-23-20)25-21(26)11-15-7-5-4-6-8-15/h4-10,12-14H,11H2,1-3H3,(H,23,24)(H,25,26). The number of anilines is 3. The SMILES string of the molecule is COc1cc(Nc2ccc(NC(=O)Cc3ccccc3)cn2)cc(OC)c1OC. The molecule has 2 aromatic carbocycles. The highest BCUT2D eigenvalue weighted by Gasteiger charge is 2.13. The lowest BCUT2D eigenvalue weighted by molar-refractivity contribution is -0.115. The van der Waals surface area contributed by atoms with E-state index in [1.165, 1.54) is 0 Å². The Bertz CT molecular complexity index is 935. The third kappa shape index (κ3) is 5.16. The molecular formula is C22H23N3O4. The normalized spacial score (nSPS) is 10.2. The molecule has 1 amide bonds. The fourth-order valence-electron chi connectivity index (χ4n) is 2.83. The van der Waals surface area contributed by atoms with Crippen LogP contribution in [0.4, 0.5) is 17.2 Å². The van der Waals surface area contributed by atoms with E-state index in [4.69, 9.17) is 14.2 Å². The van der Waals surface area contributed by atoms with Gasteiger partial charge in [0.1, 0.15) is 5.82 Å². The van der Waals surface area contributed by atoms with Crippen LogP contribution in [0.2, 0.25) is 0 Å². The summed E-state index contributed by atoms with van der Waals surface area (Å²) < 4.78 is 16.0. The third-order valence-electron chi connectivity index (χ3n) is 4.19. The molecule has 1 aromatic heterocycles. The minimum Gasteiger partial charge on any atom is -0.493 e. The van der Waals surface area contributed by atoms with Crippen molar-refractivity contribution in [3.05, 3.63) is 66.4 Å². The Morgan fingerprint density at radius 1 is 0.897 bits per heavy atom. The Kier molecular flexibility index (Phi) is 6.52. The molecule has 0 saturated heterocycles. The van der Waals surface area contributed by atoms with Crippen LogP contribution in [0.5, 0.6) is 17.2 Å². The van der Waals surface area contributed by atoms with Crippen LogP contribution in [0.15, 0.2) is 60.8 Å². The Morgan fingerprint density at radius 2 is 1.59 bits per heavy atom. The summed E-state index contributed by atoms with van der Waals surface area (Å²) in [6, 6.07) is 16.7. The average Bonchev–Trinajstić information content (AvgIpc) is 2.75. The Balaban J connectivity index is 1.67. The number of nitrogens with one attached hydrogen (secondary N) is 2. The predicted octanol–water partition coefficient (Wildman–Crippen LogP) is 4.03. The van der Waals surface area contributed by atoms with Crippen LogP contribution in [-0.4, -0.2) is 32.2 Å². The molecule has 150 valence electrons. The number of benzene rings is 2. The zero-order chi connectivity index (χ0) is 20.6. The van der Waals surface area contributed by atoms with Crippen molar-refractivity contribution >= 4 is 23.1 Å². The molecule has 0 radical (unpaired) electrons. The van der Waals surface area contributed by atoms with Crippen LogP contribution in [0.25, 0.3) is 0 Å². The van der Waals surface area contributed by atoms with Gasteiger partial charge in [-0.25, -0.2) is 4.98 Å². The summed E-state index contributed by atoms with van der Waals surface area (Å²) in [5.41, 5.74) is 2.31. The largest absolute Gasteiger partial charge is 0.493 e. The van der Waals surface area contributed by atoms with Crippen molar-refractivity contribution < 1.29 is 19.0 Å². The molecule has 0 spiro atoms. The number of ether oxygens (including phenoxy) is 3. The number of rotatable bonds is 8. The van der Waals surface area contributed by atoms with Crippen LogP contribution in [0.1, 0.15) is 5.56 Å². The summed E-state index contributed by atoms with van der Waals surface area (Å²) in [7, 11) is 4.68. The monoisotopic (exact) mass is 393 g/mol. The predicted molar refractivity (Wildman–Crippen MR) is 112 cm³/mol. The van der Waals surface area contributed by atoms with Gasteiger partial charge >= 0.3 is 0 Å². The van der Waals surface area contributed by atoms with Crippen molar-refractivity contribution in [1.82, 2.24) is 4.98 Å². The fraction of sp³-hybridized carbons (Fsp3) is 0.182. The highest BCUT2D eigenvalue weighted by Crippen LogP contribution is 2.40. The van der Waals surface area contributed by atoms with Crippen LogP contribution >= 0.6 is 0 Å². The second-order valence-electron chi connectivity index (χ2n) is 6.18. The van der Waals surface area contributed by atoms with Gasteiger partial charge in [-0.1, -0.05) is 30.3 Å². The first-order chi connectivity index (χ1) is 14.1. The molecule has 3 rings (SSSR count). The van der Waals surface area contributed by atoms with Gasteiger partial charge in [0.2, 0.25) is 11.7 Å². The molecule has 0 aliphatic carbocycles. The van der Waals surface area contributed by atoms with E-state index in [-0.39, 0.29) is 5.91 Å². The maximum absolute atomic E-state index is 12.2. The van der Waals surface area contributed by atoms with Crippen LogP contribution in [0.3, 0.4) is 0 Å². The molecule has 2 N–H and O–H groups in total. The molecule has 0 aliphatic heterocycles. The summed E-state index contributed by atoms with van der Waals surface area (Å²) in [4.78, 5) is 16.5. The van der Waals surface area contributed by atoms with Gasteiger partial charge in [-0.15, -0.1) is 0 Å². The first-order valence-corrected chi connectivity index (χ1v) is 8.99. The minimum atomic E-state index is -0.0941. The van der Waals surface area contributed by atoms with Gasteiger partial charge in [0.05, 0.1) is 39.6 Å². The molecule has 29 heavy (non-hydrogen) atoms. The molecule has 1 heterocycles. The number of hydrogen-bond acceptors (Lipinski definition) is 6. The van der Waals surface area contributed by atoms with Gasteiger partial charge in [0, 0.05) is 17.8 Å². The van der Waals surface area contributed by atoms with Crippen LogP contribution < -0.4 is 24.8 Å². The number of pyridine rings is 1. The molecule has 0 fully saturated rings. The van der Waals surface area contributed by atoms with E-state index in [0.717, 1.165) is 11.3 Å². The molecule has 0 atom stereocenters. The van der Waals surface area contributed by atoms with Gasteiger partial charge in [-0.3, -0.25) is 4.79 Å². The number of nitrogens with zero attached hydrogens (tertiary/aromatic N) is 1. The van der Waals surface area contributed by atoms with E-state index in [1.807, 2.05) is 30.3 Å². The second kappa shape index (κ2) is 9.45. The maximum Gasteiger partial charge on any atom is 0.228 e. The molecule has 7 nitrogen and oxygen atoms in total. The third-order valence-corrected chi connectivity index (χ3v) is 4.19. The smallest absolute Gasteiger partial charge is 0.228 e. The van der Waals surface area contributed by atoms with Crippen molar-refractivity contribution in [3.63, 3.8) is 0 Å². The van der Waals surface area contributed by atoms with Crippen LogP contribution in [0, 0.1) is 0 Å². The minimum absolute atomic E-state index is 0.0941. The lowest BCUT2D eigenvalue weighted by atomic mass is 10.1. The highest BCUT2D eigenvalue weighted by atomic mass is 16.5. The Hall–Kier alpha value is -3.74. The molecular weight excluding hydrogens is 370 g/mol.